The van der Waals surface area contributed by atoms with Crippen LogP contribution < -0.4 is 14.2 Å². The van der Waals surface area contributed by atoms with Crippen LogP contribution in [0.15, 0.2) is 97.1 Å². The van der Waals surface area contributed by atoms with Crippen LogP contribution in [0.3, 0.4) is 0 Å². The van der Waals surface area contributed by atoms with Crippen molar-refractivity contribution in [3.63, 3.8) is 0 Å². The fourth-order valence-electron chi connectivity index (χ4n) is 3.20. The van der Waals surface area contributed by atoms with Crippen molar-refractivity contribution < 1.29 is 41.6 Å². The standard InChI is InChI=1S/C23H20BrF3O3.C6H5FO.C5H8Br4.FH/c24-13-23(14-28-20-7-1-17(25)2-8-20,15-29-21-9-3-18(26)4-10-21)16-30-22-11-5-19(27)6-12-22;7-5-1-3-6(8)4-2-5;6-1-5(2-7,3-8)4-9;/h1-12H,13-16H2;1-4,8H;1-4H2;1H. The number of hydrogen-bond acceptors (Lipinski definition) is 4. The molecule has 0 aromatic heterocycles. The first-order valence-corrected chi connectivity index (χ1v) is 19.5. The number of ether oxygens (including phenoxy) is 3. The summed E-state index contributed by atoms with van der Waals surface area (Å²) in [7, 11) is 0. The lowest BCUT2D eigenvalue weighted by Gasteiger charge is -2.31. The molecule has 0 heterocycles. The van der Waals surface area contributed by atoms with Crippen LogP contribution in [0.4, 0.5) is 22.3 Å². The third-order valence-corrected chi connectivity index (χ3v) is 12.3. The van der Waals surface area contributed by atoms with E-state index in [1.165, 1.54) is 97.1 Å². The second-order valence-corrected chi connectivity index (χ2v) is 13.2. The molecular weight excluding hydrogens is 967 g/mol. The first-order valence-electron chi connectivity index (χ1n) is 13.9. The zero-order valence-corrected chi connectivity index (χ0v) is 33.3. The highest BCUT2D eigenvalue weighted by Crippen LogP contribution is 2.28. The van der Waals surface area contributed by atoms with E-state index < -0.39 is 5.41 Å². The van der Waals surface area contributed by atoms with Gasteiger partial charge in [-0.1, -0.05) is 79.6 Å². The molecule has 0 saturated heterocycles. The Hall–Kier alpha value is -1.87. The minimum absolute atomic E-state index is 0. The highest BCUT2D eigenvalue weighted by molar-refractivity contribution is 9.11. The summed E-state index contributed by atoms with van der Waals surface area (Å²) in [6.45, 7) is 0.602. The van der Waals surface area contributed by atoms with Gasteiger partial charge in [-0.25, -0.2) is 17.6 Å². The van der Waals surface area contributed by atoms with Crippen molar-refractivity contribution in [2.45, 2.75) is 0 Å². The molecule has 4 rings (SSSR count). The van der Waals surface area contributed by atoms with Crippen molar-refractivity contribution >= 4 is 79.6 Å². The summed E-state index contributed by atoms with van der Waals surface area (Å²) in [5, 5.41) is 13.1. The van der Waals surface area contributed by atoms with E-state index >= 15 is 0 Å². The number of phenols is 1. The number of benzene rings is 4. The predicted molar refractivity (Wildman–Crippen MR) is 200 cm³/mol. The van der Waals surface area contributed by atoms with Crippen LogP contribution in [-0.4, -0.2) is 51.6 Å². The second-order valence-electron chi connectivity index (χ2n) is 10.4. The maximum absolute atomic E-state index is 13.1. The third-order valence-electron chi connectivity index (χ3n) is 6.32. The first kappa shape index (κ1) is 44.2. The molecule has 14 heteroatoms. The van der Waals surface area contributed by atoms with Crippen molar-refractivity contribution in [3.8, 4) is 23.0 Å². The fraction of sp³-hybridized carbons (Fsp3) is 0.294. The Labute approximate surface area is 319 Å². The second kappa shape index (κ2) is 23.5. The van der Waals surface area contributed by atoms with Crippen LogP contribution >= 0.6 is 79.6 Å². The van der Waals surface area contributed by atoms with Gasteiger partial charge >= 0.3 is 0 Å². The van der Waals surface area contributed by atoms with Crippen LogP contribution in [-0.2, 0) is 0 Å². The minimum Gasteiger partial charge on any atom is -0.508 e. The molecule has 0 fully saturated rings. The molecular formula is C34H34Br5F5O4. The quantitative estimate of drug-likeness (QED) is 0.101. The number of hydrogen-bond donors (Lipinski definition) is 1. The molecule has 0 atom stereocenters. The Balaban J connectivity index is 0.000000524. The van der Waals surface area contributed by atoms with Gasteiger partial charge < -0.3 is 19.3 Å². The van der Waals surface area contributed by atoms with Crippen LogP contribution in [0.2, 0.25) is 0 Å². The average Bonchev–Trinajstić information content (AvgIpc) is 3.10. The summed E-state index contributed by atoms with van der Waals surface area (Å²) in [6.07, 6.45) is 0. The van der Waals surface area contributed by atoms with E-state index in [4.69, 9.17) is 19.3 Å². The molecule has 4 nitrogen and oxygen atoms in total. The third kappa shape index (κ3) is 16.2. The molecule has 1 N–H and O–H groups in total. The minimum atomic E-state index is -0.642. The molecule has 4 aromatic carbocycles. The Morgan fingerprint density at radius 3 is 0.833 bits per heavy atom. The van der Waals surface area contributed by atoms with Gasteiger partial charge in [0.1, 0.15) is 66.1 Å². The highest BCUT2D eigenvalue weighted by Gasteiger charge is 2.33. The SMILES string of the molecule is BrCC(CBr)(CBr)CBr.F.Fc1ccc(OCC(CBr)(COc2ccc(F)cc2)COc2ccc(F)cc2)cc1.Oc1ccc(F)cc1. The van der Waals surface area contributed by atoms with E-state index in [-0.39, 0.29) is 53.5 Å². The number of alkyl halides is 5. The van der Waals surface area contributed by atoms with Gasteiger partial charge in [0.15, 0.2) is 0 Å². The largest absolute Gasteiger partial charge is 0.508 e. The average molecular weight is 1000 g/mol. The Bertz CT molecular complexity index is 1260. The van der Waals surface area contributed by atoms with Crippen LogP contribution in [0.25, 0.3) is 0 Å². The molecule has 264 valence electrons. The van der Waals surface area contributed by atoms with Gasteiger partial charge in [-0.05, 0) is 97.1 Å². The maximum Gasteiger partial charge on any atom is 0.123 e. The lowest BCUT2D eigenvalue weighted by molar-refractivity contribution is 0.0520. The molecule has 0 amide bonds. The number of phenolic OH excluding ortho intramolecular Hbond substituents is 1. The Morgan fingerprint density at radius 2 is 0.646 bits per heavy atom. The summed E-state index contributed by atoms with van der Waals surface area (Å²) in [4.78, 5) is 0. The monoisotopic (exact) mass is 996 g/mol. The molecule has 0 saturated carbocycles. The lowest BCUT2D eigenvalue weighted by Crippen LogP contribution is -2.42. The summed E-state index contributed by atoms with van der Waals surface area (Å²) in [6, 6.07) is 22.1. The van der Waals surface area contributed by atoms with Crippen LogP contribution in [0, 0.1) is 34.1 Å². The normalized spacial score (nSPS) is 10.8. The van der Waals surface area contributed by atoms with Gasteiger partial charge in [-0.2, -0.15) is 0 Å². The van der Waals surface area contributed by atoms with Crippen LogP contribution in [0.1, 0.15) is 0 Å². The molecule has 0 aliphatic carbocycles. The van der Waals surface area contributed by atoms with Crippen molar-refractivity contribution in [2.75, 3.05) is 46.5 Å². The number of rotatable bonds is 14. The van der Waals surface area contributed by atoms with E-state index in [2.05, 4.69) is 79.6 Å². The van der Waals surface area contributed by atoms with Gasteiger partial charge in [0.25, 0.3) is 0 Å². The first-order chi connectivity index (χ1) is 22.5. The van der Waals surface area contributed by atoms with E-state index in [0.717, 1.165) is 21.3 Å². The summed E-state index contributed by atoms with van der Waals surface area (Å²) in [5.74, 6) is 0.213. The van der Waals surface area contributed by atoms with Crippen molar-refractivity contribution in [1.82, 2.24) is 0 Å². The molecule has 4 aromatic rings. The molecule has 0 spiro atoms. The zero-order valence-electron chi connectivity index (χ0n) is 25.4. The van der Waals surface area contributed by atoms with Crippen LogP contribution in [0.5, 0.6) is 23.0 Å². The molecule has 0 unspecified atom stereocenters. The Kier molecular flexibility index (Phi) is 21.6. The van der Waals surface area contributed by atoms with Gasteiger partial charge in [-0.15, -0.1) is 0 Å². The van der Waals surface area contributed by atoms with E-state index in [1.807, 2.05) is 0 Å². The smallest absolute Gasteiger partial charge is 0.123 e. The van der Waals surface area contributed by atoms with Gasteiger partial charge in [-0.3, -0.25) is 4.70 Å². The Morgan fingerprint density at radius 1 is 0.417 bits per heavy atom. The molecule has 0 bridgehead atoms. The molecule has 48 heavy (non-hydrogen) atoms. The van der Waals surface area contributed by atoms with Gasteiger partial charge in [0.05, 0.1) is 5.41 Å². The maximum atomic E-state index is 13.1. The fourth-order valence-corrected chi connectivity index (χ4v) is 9.25. The highest BCUT2D eigenvalue weighted by atomic mass is 79.9. The lowest BCUT2D eigenvalue weighted by atomic mass is 9.94. The van der Waals surface area contributed by atoms with E-state index in [1.54, 1.807) is 0 Å². The summed E-state index contributed by atoms with van der Waals surface area (Å²) in [5.41, 5.74) is -0.308. The summed E-state index contributed by atoms with van der Waals surface area (Å²) >= 11 is 17.4. The van der Waals surface area contributed by atoms with E-state index in [0.29, 0.717) is 28.0 Å². The van der Waals surface area contributed by atoms with Crippen molar-refractivity contribution in [2.24, 2.45) is 10.8 Å². The molecule has 0 aliphatic rings. The van der Waals surface area contributed by atoms with Crippen molar-refractivity contribution in [3.05, 3.63) is 120 Å². The number of aromatic hydroxyl groups is 1. The molecule has 0 aliphatic heterocycles. The van der Waals surface area contributed by atoms with Gasteiger partial charge in [0.2, 0.25) is 0 Å². The topological polar surface area (TPSA) is 47.9 Å². The van der Waals surface area contributed by atoms with E-state index in [9.17, 15) is 17.6 Å². The molecule has 0 radical (unpaired) electrons. The van der Waals surface area contributed by atoms with Crippen molar-refractivity contribution in [1.29, 1.82) is 0 Å². The summed E-state index contributed by atoms with van der Waals surface area (Å²) < 4.78 is 69.0. The predicted octanol–water partition coefficient (Wildman–Crippen LogP) is 11.3. The van der Waals surface area contributed by atoms with Gasteiger partial charge in [0, 0.05) is 32.1 Å². The number of halogens is 10. The zero-order chi connectivity index (χ0) is 34.7.